The van der Waals surface area contributed by atoms with Crippen molar-refractivity contribution in [3.05, 3.63) is 38.9 Å². The van der Waals surface area contributed by atoms with Crippen molar-refractivity contribution in [1.82, 2.24) is 5.32 Å². The zero-order valence-electron chi connectivity index (χ0n) is 11.7. The Balaban J connectivity index is 2.00. The highest BCUT2D eigenvalue weighted by atomic mass is 35.5. The second-order valence-corrected chi connectivity index (χ2v) is 5.94. The molecule has 1 aliphatic heterocycles. The van der Waals surface area contributed by atoms with Gasteiger partial charge in [0.2, 0.25) is 0 Å². The molecule has 7 heteroatoms. The van der Waals surface area contributed by atoms with Crippen molar-refractivity contribution in [2.24, 2.45) is 5.41 Å². The molecule has 1 fully saturated rings. The maximum absolute atomic E-state index is 12.1. The number of amides is 1. The summed E-state index contributed by atoms with van der Waals surface area (Å²) >= 11 is 5.81. The third-order valence-electron chi connectivity index (χ3n) is 3.78. The Morgan fingerprint density at radius 3 is 2.71 bits per heavy atom. The highest BCUT2D eigenvalue weighted by molar-refractivity contribution is 6.33. The molecule has 1 N–H and O–H groups in total. The van der Waals surface area contributed by atoms with Crippen LogP contribution in [0.1, 0.15) is 30.1 Å². The lowest BCUT2D eigenvalue weighted by molar-refractivity contribution is -0.384. The Hall–Kier alpha value is -1.66. The third kappa shape index (κ3) is 3.92. The van der Waals surface area contributed by atoms with Gasteiger partial charge in [-0.2, -0.15) is 0 Å². The van der Waals surface area contributed by atoms with Crippen LogP contribution in [0, 0.1) is 15.5 Å². The van der Waals surface area contributed by atoms with E-state index in [0.717, 1.165) is 12.8 Å². The monoisotopic (exact) mass is 312 g/mol. The fourth-order valence-electron chi connectivity index (χ4n) is 2.23. The van der Waals surface area contributed by atoms with Crippen LogP contribution in [0.15, 0.2) is 18.2 Å². The van der Waals surface area contributed by atoms with E-state index >= 15 is 0 Å². The average Bonchev–Trinajstić information content (AvgIpc) is 2.45. The summed E-state index contributed by atoms with van der Waals surface area (Å²) in [7, 11) is 0. The van der Waals surface area contributed by atoms with Gasteiger partial charge in [0.1, 0.15) is 5.02 Å². The first kappa shape index (κ1) is 15.7. The molecule has 0 unspecified atom stereocenters. The van der Waals surface area contributed by atoms with Crippen molar-refractivity contribution < 1.29 is 14.5 Å². The van der Waals surface area contributed by atoms with Crippen LogP contribution < -0.4 is 5.32 Å². The first-order chi connectivity index (χ1) is 9.91. The maximum Gasteiger partial charge on any atom is 0.287 e. The number of carbonyl (C=O) groups excluding carboxylic acids is 1. The van der Waals surface area contributed by atoms with E-state index in [0.29, 0.717) is 25.3 Å². The largest absolute Gasteiger partial charge is 0.381 e. The van der Waals surface area contributed by atoms with E-state index in [2.05, 4.69) is 12.2 Å². The van der Waals surface area contributed by atoms with Crippen molar-refractivity contribution in [2.45, 2.75) is 19.8 Å². The fourth-order valence-corrected chi connectivity index (χ4v) is 2.48. The van der Waals surface area contributed by atoms with Crippen LogP contribution >= 0.6 is 11.6 Å². The van der Waals surface area contributed by atoms with Gasteiger partial charge in [0, 0.05) is 31.4 Å². The van der Waals surface area contributed by atoms with Crippen molar-refractivity contribution in [1.29, 1.82) is 0 Å². The molecule has 0 saturated carbocycles. The number of rotatable bonds is 4. The van der Waals surface area contributed by atoms with Crippen LogP contribution in [0.4, 0.5) is 5.69 Å². The van der Waals surface area contributed by atoms with Crippen molar-refractivity contribution in [2.75, 3.05) is 19.8 Å². The van der Waals surface area contributed by atoms with E-state index in [9.17, 15) is 14.9 Å². The minimum atomic E-state index is -0.576. The molecule has 0 radical (unpaired) electrons. The molecule has 1 aromatic rings. The summed E-state index contributed by atoms with van der Waals surface area (Å²) in [5, 5.41) is 13.5. The molecule has 1 amide bonds. The molecule has 0 spiro atoms. The van der Waals surface area contributed by atoms with Crippen LogP contribution in [0.2, 0.25) is 5.02 Å². The molecule has 1 aliphatic rings. The Morgan fingerprint density at radius 1 is 1.48 bits per heavy atom. The zero-order chi connectivity index (χ0) is 15.5. The lowest BCUT2D eigenvalue weighted by atomic mass is 9.82. The minimum Gasteiger partial charge on any atom is -0.381 e. The molecule has 0 aliphatic carbocycles. The number of nitro benzene ring substituents is 1. The topological polar surface area (TPSA) is 81.5 Å². The predicted molar refractivity (Wildman–Crippen MR) is 78.6 cm³/mol. The van der Waals surface area contributed by atoms with Crippen LogP contribution in [0.3, 0.4) is 0 Å². The molecule has 114 valence electrons. The SMILES string of the molecule is CC1(CNC(=O)c2ccc([N+](=O)[O-])c(Cl)c2)CCOCC1. The average molecular weight is 313 g/mol. The fraction of sp³-hybridized carbons (Fsp3) is 0.500. The summed E-state index contributed by atoms with van der Waals surface area (Å²) in [4.78, 5) is 22.2. The second-order valence-electron chi connectivity index (χ2n) is 5.53. The number of hydrogen-bond donors (Lipinski definition) is 1. The van der Waals surface area contributed by atoms with Crippen LogP contribution in [-0.4, -0.2) is 30.6 Å². The summed E-state index contributed by atoms with van der Waals surface area (Å²) in [6.07, 6.45) is 1.79. The predicted octanol–water partition coefficient (Wildman–Crippen LogP) is 2.79. The van der Waals surface area contributed by atoms with Gasteiger partial charge in [0.05, 0.1) is 4.92 Å². The standard InChI is InChI=1S/C14H17ClN2O4/c1-14(4-6-21-7-5-14)9-16-13(18)10-2-3-12(17(19)20)11(15)8-10/h2-3,8H,4-7,9H2,1H3,(H,16,18). The van der Waals surface area contributed by atoms with Crippen molar-refractivity contribution >= 4 is 23.2 Å². The van der Waals surface area contributed by atoms with Crippen molar-refractivity contribution in [3.63, 3.8) is 0 Å². The first-order valence-electron chi connectivity index (χ1n) is 6.71. The van der Waals surface area contributed by atoms with Gasteiger partial charge in [-0.05, 0) is 30.4 Å². The van der Waals surface area contributed by atoms with E-state index in [1.54, 1.807) is 0 Å². The number of benzene rings is 1. The molecule has 1 aromatic carbocycles. The summed E-state index contributed by atoms with van der Waals surface area (Å²) in [6, 6.07) is 3.97. The quantitative estimate of drug-likeness (QED) is 0.684. The summed E-state index contributed by atoms with van der Waals surface area (Å²) in [5.74, 6) is -0.278. The van der Waals surface area contributed by atoms with Gasteiger partial charge >= 0.3 is 0 Å². The van der Waals surface area contributed by atoms with Crippen LogP contribution in [0.5, 0.6) is 0 Å². The maximum atomic E-state index is 12.1. The van der Waals surface area contributed by atoms with E-state index in [4.69, 9.17) is 16.3 Å². The molecule has 0 atom stereocenters. The van der Waals surface area contributed by atoms with E-state index in [1.807, 2.05) is 0 Å². The van der Waals surface area contributed by atoms with Crippen LogP contribution in [0.25, 0.3) is 0 Å². The van der Waals surface area contributed by atoms with Gasteiger partial charge in [-0.1, -0.05) is 18.5 Å². The van der Waals surface area contributed by atoms with E-state index in [1.165, 1.54) is 18.2 Å². The van der Waals surface area contributed by atoms with E-state index < -0.39 is 4.92 Å². The molecule has 1 saturated heterocycles. The molecular formula is C14H17ClN2O4. The second kappa shape index (κ2) is 6.41. The van der Waals surface area contributed by atoms with E-state index in [-0.39, 0.29) is 22.0 Å². The highest BCUT2D eigenvalue weighted by Crippen LogP contribution is 2.29. The van der Waals surface area contributed by atoms with Gasteiger partial charge in [-0.15, -0.1) is 0 Å². The molecule has 1 heterocycles. The Kier molecular flexibility index (Phi) is 4.80. The van der Waals surface area contributed by atoms with Crippen molar-refractivity contribution in [3.8, 4) is 0 Å². The molecule has 0 bridgehead atoms. The molecular weight excluding hydrogens is 296 g/mol. The summed E-state index contributed by atoms with van der Waals surface area (Å²) < 4.78 is 5.31. The Bertz CT molecular complexity index is 556. The first-order valence-corrected chi connectivity index (χ1v) is 7.09. The molecule has 2 rings (SSSR count). The normalized spacial score (nSPS) is 17.2. The summed E-state index contributed by atoms with van der Waals surface area (Å²) in [5.41, 5.74) is 0.143. The van der Waals surface area contributed by atoms with Crippen LogP contribution in [-0.2, 0) is 4.74 Å². The molecule has 0 aromatic heterocycles. The lowest BCUT2D eigenvalue weighted by Gasteiger charge is -2.33. The molecule has 6 nitrogen and oxygen atoms in total. The van der Waals surface area contributed by atoms with Gasteiger partial charge in [0.25, 0.3) is 11.6 Å². The number of nitro groups is 1. The van der Waals surface area contributed by atoms with Gasteiger partial charge in [0.15, 0.2) is 0 Å². The summed E-state index contributed by atoms with van der Waals surface area (Å²) in [6.45, 7) is 4.06. The third-order valence-corrected chi connectivity index (χ3v) is 4.08. The van der Waals surface area contributed by atoms with Gasteiger partial charge in [-0.25, -0.2) is 0 Å². The number of halogens is 1. The highest BCUT2D eigenvalue weighted by Gasteiger charge is 2.28. The Labute approximate surface area is 127 Å². The van der Waals surface area contributed by atoms with Gasteiger partial charge < -0.3 is 10.1 Å². The molecule has 21 heavy (non-hydrogen) atoms. The number of hydrogen-bond acceptors (Lipinski definition) is 4. The zero-order valence-corrected chi connectivity index (χ0v) is 12.5. The minimum absolute atomic E-state index is 0.0263. The number of carbonyl (C=O) groups is 1. The lowest BCUT2D eigenvalue weighted by Crippen LogP contribution is -2.39. The number of nitrogens with zero attached hydrogens (tertiary/aromatic N) is 1. The number of nitrogens with one attached hydrogen (secondary N) is 1. The smallest absolute Gasteiger partial charge is 0.287 e. The Morgan fingerprint density at radius 2 is 2.14 bits per heavy atom. The van der Waals surface area contributed by atoms with Gasteiger partial charge in [-0.3, -0.25) is 14.9 Å². The number of ether oxygens (including phenoxy) is 1.